The molecule has 0 amide bonds. The van der Waals surface area contributed by atoms with Crippen molar-refractivity contribution in [3.63, 3.8) is 0 Å². The number of nitrogens with one attached hydrogen (secondary N) is 3. The van der Waals surface area contributed by atoms with Gasteiger partial charge in [0.05, 0.1) is 7.11 Å². The Hall–Kier alpha value is -3.56. The third-order valence-corrected chi connectivity index (χ3v) is 4.68. The molecule has 4 aromatic rings. The van der Waals surface area contributed by atoms with Gasteiger partial charge in [0.15, 0.2) is 5.52 Å². The average Bonchev–Trinajstić information content (AvgIpc) is 3.22. The Labute approximate surface area is 160 Å². The summed E-state index contributed by atoms with van der Waals surface area (Å²) < 4.78 is 6.98. The summed E-state index contributed by atoms with van der Waals surface area (Å²) in [5, 5.41) is 0. The molecule has 0 radical (unpaired) electrons. The second kappa shape index (κ2) is 6.55. The number of rotatable bonds is 5. The van der Waals surface area contributed by atoms with Crippen molar-refractivity contribution in [2.45, 2.75) is 33.1 Å². The van der Waals surface area contributed by atoms with Gasteiger partial charge in [0.25, 0.3) is 5.56 Å². The van der Waals surface area contributed by atoms with Crippen molar-refractivity contribution in [2.75, 3.05) is 18.3 Å². The predicted octanol–water partition coefficient (Wildman–Crippen LogP) is 2.15. The van der Waals surface area contributed by atoms with Crippen LogP contribution in [0.2, 0.25) is 0 Å². The Morgan fingerprint density at radius 2 is 2.07 bits per heavy atom. The van der Waals surface area contributed by atoms with E-state index in [1.807, 2.05) is 33.2 Å². The number of anilines is 2. The summed E-state index contributed by atoms with van der Waals surface area (Å²) in [5.41, 5.74) is 12.8. The quantitative estimate of drug-likeness (QED) is 0.414. The van der Waals surface area contributed by atoms with Gasteiger partial charge in [-0.05, 0) is 17.9 Å². The van der Waals surface area contributed by atoms with E-state index in [0.29, 0.717) is 22.9 Å². The van der Waals surface area contributed by atoms with E-state index < -0.39 is 0 Å². The van der Waals surface area contributed by atoms with Crippen LogP contribution in [0, 0.1) is 0 Å². The van der Waals surface area contributed by atoms with E-state index in [-0.39, 0.29) is 17.4 Å². The number of hydrogen-bond acceptors (Lipinski definition) is 7. The standard InChI is InChI=1S/C18H22N8O2/c1-5-9-6-20-13-11(9)22-18(24-16(13)28-4)25-26-7-10(8(2)3)12-14(26)15(27)23-17(19)21-12/h6-8,20H,5H2,1-4H3,(H,22,24,25)(H3,19,21,23,27). The molecule has 0 aliphatic rings. The van der Waals surface area contributed by atoms with Crippen LogP contribution in [0.4, 0.5) is 11.9 Å². The molecule has 0 unspecified atom stereocenters. The molecule has 0 atom stereocenters. The highest BCUT2D eigenvalue weighted by atomic mass is 16.5. The molecular formula is C18H22N8O2. The lowest BCUT2D eigenvalue weighted by atomic mass is 10.1. The number of ether oxygens (including phenoxy) is 1. The lowest BCUT2D eigenvalue weighted by Crippen LogP contribution is -2.18. The molecule has 0 aliphatic carbocycles. The molecule has 5 N–H and O–H groups in total. The average molecular weight is 382 g/mol. The molecule has 0 spiro atoms. The fourth-order valence-corrected chi connectivity index (χ4v) is 3.29. The van der Waals surface area contributed by atoms with Crippen molar-refractivity contribution in [3.8, 4) is 5.88 Å². The number of aryl methyl sites for hydroxylation is 1. The second-order valence-electron chi connectivity index (χ2n) is 6.82. The summed E-state index contributed by atoms with van der Waals surface area (Å²) in [7, 11) is 1.55. The molecule has 10 nitrogen and oxygen atoms in total. The predicted molar refractivity (Wildman–Crippen MR) is 108 cm³/mol. The van der Waals surface area contributed by atoms with Crippen LogP contribution in [0.3, 0.4) is 0 Å². The van der Waals surface area contributed by atoms with Crippen molar-refractivity contribution in [2.24, 2.45) is 0 Å². The third kappa shape index (κ3) is 2.73. The maximum atomic E-state index is 12.5. The highest BCUT2D eigenvalue weighted by molar-refractivity contribution is 5.85. The van der Waals surface area contributed by atoms with E-state index >= 15 is 0 Å². The summed E-state index contributed by atoms with van der Waals surface area (Å²) in [6.07, 6.45) is 4.52. The molecule has 4 heterocycles. The lowest BCUT2D eigenvalue weighted by Gasteiger charge is -2.09. The fraction of sp³-hybridized carbons (Fsp3) is 0.333. The largest absolute Gasteiger partial charge is 0.479 e. The minimum atomic E-state index is -0.342. The zero-order chi connectivity index (χ0) is 20.0. The van der Waals surface area contributed by atoms with Gasteiger partial charge in [-0.25, -0.2) is 9.97 Å². The van der Waals surface area contributed by atoms with Crippen LogP contribution in [0.1, 0.15) is 37.8 Å². The molecule has 28 heavy (non-hydrogen) atoms. The van der Waals surface area contributed by atoms with E-state index in [1.54, 1.807) is 11.8 Å². The van der Waals surface area contributed by atoms with Gasteiger partial charge in [0.2, 0.25) is 17.8 Å². The van der Waals surface area contributed by atoms with Gasteiger partial charge in [0.1, 0.15) is 16.6 Å². The van der Waals surface area contributed by atoms with Gasteiger partial charge in [-0.1, -0.05) is 20.8 Å². The minimum absolute atomic E-state index is 0.0800. The number of methoxy groups -OCH3 is 1. The Morgan fingerprint density at radius 3 is 2.75 bits per heavy atom. The highest BCUT2D eigenvalue weighted by Gasteiger charge is 2.19. The maximum Gasteiger partial charge on any atom is 0.278 e. The first-order valence-corrected chi connectivity index (χ1v) is 9.02. The van der Waals surface area contributed by atoms with Gasteiger partial charge < -0.3 is 15.5 Å². The molecular weight excluding hydrogens is 360 g/mol. The SMILES string of the molecule is CCc1c[nH]c2c(OC)nc(Nn3cc(C(C)C)c4nc(N)[nH]c(=O)c43)nc12. The highest BCUT2D eigenvalue weighted by Crippen LogP contribution is 2.27. The van der Waals surface area contributed by atoms with Gasteiger partial charge in [0, 0.05) is 18.0 Å². The van der Waals surface area contributed by atoms with Crippen LogP contribution < -0.4 is 21.5 Å². The van der Waals surface area contributed by atoms with E-state index in [4.69, 9.17) is 10.5 Å². The van der Waals surface area contributed by atoms with E-state index in [1.165, 1.54) is 0 Å². The lowest BCUT2D eigenvalue weighted by molar-refractivity contribution is 0.402. The van der Waals surface area contributed by atoms with Crippen LogP contribution in [0.15, 0.2) is 17.2 Å². The molecule has 146 valence electrons. The normalized spacial score (nSPS) is 11.6. The number of nitrogens with two attached hydrogens (primary N) is 1. The summed E-state index contributed by atoms with van der Waals surface area (Å²) in [6.45, 7) is 6.10. The number of hydrogen-bond donors (Lipinski definition) is 4. The van der Waals surface area contributed by atoms with Crippen LogP contribution in [0.5, 0.6) is 5.88 Å². The molecule has 0 aliphatic heterocycles. The summed E-state index contributed by atoms with van der Waals surface area (Å²) in [4.78, 5) is 31.6. The number of H-pyrrole nitrogens is 2. The first-order chi connectivity index (χ1) is 13.4. The molecule has 0 aromatic carbocycles. The minimum Gasteiger partial charge on any atom is -0.479 e. The smallest absolute Gasteiger partial charge is 0.278 e. The number of aromatic amines is 2. The zero-order valence-electron chi connectivity index (χ0n) is 16.1. The molecule has 4 rings (SSSR count). The van der Waals surface area contributed by atoms with Gasteiger partial charge in [-0.3, -0.25) is 19.9 Å². The number of nitrogen functional groups attached to an aromatic ring is 1. The van der Waals surface area contributed by atoms with E-state index in [2.05, 4.69) is 30.3 Å². The number of aromatic nitrogens is 6. The molecule has 0 bridgehead atoms. The molecule has 0 saturated carbocycles. The number of nitrogens with zero attached hydrogens (tertiary/aromatic N) is 4. The van der Waals surface area contributed by atoms with Crippen LogP contribution in [-0.2, 0) is 6.42 Å². The zero-order valence-corrected chi connectivity index (χ0v) is 16.1. The molecule has 0 fully saturated rings. The van der Waals surface area contributed by atoms with Crippen molar-refractivity contribution in [1.29, 1.82) is 0 Å². The summed E-state index contributed by atoms with van der Waals surface area (Å²) in [5.74, 6) is 0.955. The van der Waals surface area contributed by atoms with Crippen molar-refractivity contribution in [3.05, 3.63) is 33.9 Å². The van der Waals surface area contributed by atoms with Gasteiger partial charge >= 0.3 is 0 Å². The summed E-state index contributed by atoms with van der Waals surface area (Å²) in [6, 6.07) is 0. The monoisotopic (exact) mass is 382 g/mol. The Bertz CT molecular complexity index is 1230. The fourth-order valence-electron chi connectivity index (χ4n) is 3.29. The van der Waals surface area contributed by atoms with Crippen LogP contribution >= 0.6 is 0 Å². The van der Waals surface area contributed by atoms with Crippen molar-refractivity contribution in [1.82, 2.24) is 29.6 Å². The first kappa shape index (κ1) is 17.8. The molecule has 4 aromatic heterocycles. The Morgan fingerprint density at radius 1 is 1.29 bits per heavy atom. The van der Waals surface area contributed by atoms with Crippen molar-refractivity contribution >= 4 is 34.0 Å². The van der Waals surface area contributed by atoms with Gasteiger partial charge in [-0.2, -0.15) is 4.98 Å². The van der Waals surface area contributed by atoms with Gasteiger partial charge in [-0.15, -0.1) is 0 Å². The third-order valence-electron chi connectivity index (χ3n) is 4.68. The molecule has 10 heteroatoms. The Balaban J connectivity index is 1.90. The topological polar surface area (TPSA) is 140 Å². The van der Waals surface area contributed by atoms with Crippen LogP contribution in [-0.4, -0.2) is 36.7 Å². The van der Waals surface area contributed by atoms with Crippen molar-refractivity contribution < 1.29 is 4.74 Å². The molecule has 0 saturated heterocycles. The van der Waals surface area contributed by atoms with E-state index in [0.717, 1.165) is 28.6 Å². The maximum absolute atomic E-state index is 12.5. The Kier molecular flexibility index (Phi) is 4.17. The van der Waals surface area contributed by atoms with Crippen LogP contribution in [0.25, 0.3) is 22.1 Å². The van der Waals surface area contributed by atoms with E-state index in [9.17, 15) is 4.79 Å². The first-order valence-electron chi connectivity index (χ1n) is 9.02. The summed E-state index contributed by atoms with van der Waals surface area (Å²) >= 11 is 0. The second-order valence-corrected chi connectivity index (χ2v) is 6.82. The number of fused-ring (bicyclic) bond motifs is 2.